The molecule has 0 atom stereocenters. The Morgan fingerprint density at radius 2 is 0.875 bits per heavy atom. The van der Waals surface area contributed by atoms with Crippen molar-refractivity contribution in [1.29, 1.82) is 0 Å². The topological polar surface area (TPSA) is 38.3 Å². The molecule has 4 aromatic carbocycles. The number of pyridine rings is 2. The summed E-state index contributed by atoms with van der Waals surface area (Å²) in [5.41, 5.74) is 7.13. The molecule has 2 aromatic heterocycles. The predicted molar refractivity (Wildman–Crippen MR) is 209 cm³/mol. The Balaban J connectivity index is 0.000000933. The molecule has 248 valence electrons. The molecule has 0 N–H and O–H groups in total. The van der Waals surface area contributed by atoms with Crippen molar-refractivity contribution in [3.05, 3.63) is 163 Å². The molecule has 48 heavy (non-hydrogen) atoms. The number of rotatable bonds is 8. The highest BCUT2D eigenvalue weighted by Gasteiger charge is 2.12. The number of nitrogens with zero attached hydrogens (tertiary/aromatic N) is 3. The van der Waals surface area contributed by atoms with Gasteiger partial charge in [0.1, 0.15) is 11.5 Å². The Morgan fingerprint density at radius 1 is 0.417 bits per heavy atom. The molecule has 0 aliphatic rings. The first kappa shape index (κ1) is 38.7. The van der Waals surface area contributed by atoms with Gasteiger partial charge >= 0.3 is 0 Å². The van der Waals surface area contributed by atoms with Crippen LogP contribution in [0.5, 0.6) is 11.5 Å². The number of benzene rings is 4. The number of hydrogen-bond donors (Lipinski definition) is 0. The third-order valence-corrected chi connectivity index (χ3v) is 6.42. The van der Waals surface area contributed by atoms with Crippen molar-refractivity contribution in [3.63, 3.8) is 0 Å². The van der Waals surface area contributed by atoms with Gasteiger partial charge in [-0.25, -0.2) is 0 Å². The van der Waals surface area contributed by atoms with Crippen LogP contribution in [0.4, 0.5) is 17.1 Å². The number of ether oxygens (including phenoxy) is 1. The maximum absolute atomic E-state index is 6.15. The van der Waals surface area contributed by atoms with E-state index in [1.807, 2.05) is 140 Å². The van der Waals surface area contributed by atoms with Crippen molar-refractivity contribution in [3.8, 4) is 22.9 Å². The highest BCUT2D eigenvalue weighted by atomic mass is 16.5. The van der Waals surface area contributed by atoms with Gasteiger partial charge < -0.3 is 9.64 Å². The van der Waals surface area contributed by atoms with Gasteiger partial charge in [0.05, 0.1) is 11.4 Å². The minimum absolute atomic E-state index is 0.784. The zero-order chi connectivity index (χ0) is 35.0. The highest BCUT2D eigenvalue weighted by Crippen LogP contribution is 2.35. The van der Waals surface area contributed by atoms with Crippen molar-refractivity contribution in [1.82, 2.24) is 9.97 Å². The fourth-order valence-corrected chi connectivity index (χ4v) is 4.45. The summed E-state index contributed by atoms with van der Waals surface area (Å²) in [7, 11) is 0. The van der Waals surface area contributed by atoms with Gasteiger partial charge in [-0.3, -0.25) is 9.97 Å². The van der Waals surface area contributed by atoms with Crippen LogP contribution in [-0.2, 0) is 0 Å². The van der Waals surface area contributed by atoms with E-state index in [1.54, 1.807) is 6.20 Å². The average Bonchev–Trinajstić information content (AvgIpc) is 3.20. The van der Waals surface area contributed by atoms with Gasteiger partial charge in [-0.1, -0.05) is 122 Å². The zero-order valence-corrected chi connectivity index (χ0v) is 29.8. The largest absolute Gasteiger partial charge is 0.457 e. The summed E-state index contributed by atoms with van der Waals surface area (Å²) in [6.07, 6.45) is 7.75. The van der Waals surface area contributed by atoms with Gasteiger partial charge in [0.25, 0.3) is 0 Å². The van der Waals surface area contributed by atoms with Crippen LogP contribution in [0.15, 0.2) is 152 Å². The van der Waals surface area contributed by atoms with Crippen molar-refractivity contribution in [2.75, 3.05) is 4.90 Å². The first-order valence-electron chi connectivity index (χ1n) is 17.2. The quantitative estimate of drug-likeness (QED) is 0.166. The molecule has 0 bridgehead atoms. The fraction of sp³-hybridized carbons (Fsp3) is 0.182. The Kier molecular flexibility index (Phi) is 18.5. The molecular formula is C44H51N3O. The molecule has 0 radical (unpaired) electrons. The molecule has 0 saturated carbocycles. The lowest BCUT2D eigenvalue weighted by molar-refractivity contribution is 0.482. The summed E-state index contributed by atoms with van der Waals surface area (Å²) in [6, 6.07) is 46.8. The van der Waals surface area contributed by atoms with Crippen LogP contribution >= 0.6 is 0 Å². The number of para-hydroxylation sites is 2. The molecule has 6 aromatic rings. The van der Waals surface area contributed by atoms with Crippen LogP contribution in [0.25, 0.3) is 23.5 Å². The molecule has 2 heterocycles. The highest BCUT2D eigenvalue weighted by molar-refractivity contribution is 5.76. The van der Waals surface area contributed by atoms with Crippen molar-refractivity contribution >= 4 is 29.2 Å². The maximum Gasteiger partial charge on any atom is 0.127 e. The second-order valence-electron chi connectivity index (χ2n) is 9.19. The van der Waals surface area contributed by atoms with Gasteiger partial charge in [-0.2, -0.15) is 0 Å². The number of aromatic nitrogens is 2. The van der Waals surface area contributed by atoms with Crippen LogP contribution in [0.2, 0.25) is 0 Å². The molecule has 0 fully saturated rings. The lowest BCUT2D eigenvalue weighted by atomic mass is 10.1. The van der Waals surface area contributed by atoms with E-state index in [2.05, 4.69) is 87.7 Å². The zero-order valence-electron chi connectivity index (χ0n) is 29.8. The lowest BCUT2D eigenvalue weighted by Gasteiger charge is -2.25. The third kappa shape index (κ3) is 11.7. The molecule has 4 heteroatoms. The lowest BCUT2D eigenvalue weighted by Crippen LogP contribution is -2.09. The van der Waals surface area contributed by atoms with Crippen molar-refractivity contribution in [2.24, 2.45) is 0 Å². The summed E-state index contributed by atoms with van der Waals surface area (Å²) in [6.45, 7) is 16.0. The van der Waals surface area contributed by atoms with E-state index >= 15 is 0 Å². The Morgan fingerprint density at radius 3 is 1.40 bits per heavy atom. The van der Waals surface area contributed by atoms with E-state index in [0.29, 0.717) is 0 Å². The van der Waals surface area contributed by atoms with E-state index < -0.39 is 0 Å². The molecule has 0 amide bonds. The van der Waals surface area contributed by atoms with Crippen molar-refractivity contribution in [2.45, 2.75) is 55.4 Å². The molecule has 0 unspecified atom stereocenters. The van der Waals surface area contributed by atoms with Crippen LogP contribution in [0, 0.1) is 0 Å². The number of hydrogen-bond acceptors (Lipinski definition) is 4. The second kappa shape index (κ2) is 22.9. The molecule has 0 saturated heterocycles. The van der Waals surface area contributed by atoms with Crippen LogP contribution < -0.4 is 9.64 Å². The predicted octanol–water partition coefficient (Wildman–Crippen LogP) is 13.7. The van der Waals surface area contributed by atoms with E-state index in [1.165, 1.54) is 0 Å². The average molecular weight is 638 g/mol. The summed E-state index contributed by atoms with van der Waals surface area (Å²) >= 11 is 0. The smallest absolute Gasteiger partial charge is 0.127 e. The van der Waals surface area contributed by atoms with E-state index in [4.69, 9.17) is 4.74 Å². The normalized spacial score (nSPS) is 9.58. The molecule has 0 aliphatic heterocycles. The molecular weight excluding hydrogens is 587 g/mol. The minimum Gasteiger partial charge on any atom is -0.457 e. The van der Waals surface area contributed by atoms with Gasteiger partial charge in [-0.15, -0.1) is 0 Å². The molecule has 0 spiro atoms. The summed E-state index contributed by atoms with van der Waals surface area (Å²) in [5.74, 6) is 1.57. The summed E-state index contributed by atoms with van der Waals surface area (Å²) in [5, 5.41) is 0. The van der Waals surface area contributed by atoms with E-state index in [9.17, 15) is 0 Å². The maximum atomic E-state index is 6.15. The monoisotopic (exact) mass is 637 g/mol. The van der Waals surface area contributed by atoms with Crippen molar-refractivity contribution < 1.29 is 4.74 Å². The SMILES string of the molecule is C(=C\c1ccnc(-c2ccccn2)c1)/c1ccc(Oc2ccc(N(c3ccccc3)c3ccccc3)cc2)cc1.CC.CC.CC.CC. The van der Waals surface area contributed by atoms with Gasteiger partial charge in [0.15, 0.2) is 0 Å². The van der Waals surface area contributed by atoms with Crippen LogP contribution in [0.1, 0.15) is 66.5 Å². The Bertz CT molecular complexity index is 1650. The molecule has 0 aliphatic carbocycles. The fourth-order valence-electron chi connectivity index (χ4n) is 4.45. The third-order valence-electron chi connectivity index (χ3n) is 6.42. The molecule has 6 rings (SSSR count). The standard InChI is InChI=1S/C36H27N3O.4C2H6/c1-3-9-30(10-4-1)39(31-11-5-2-6-12-31)32-18-22-34(23-19-32)40-33-20-16-28(17-21-33)14-15-29-24-26-38-36(27-29)35-13-7-8-25-37-35;4*1-2/h1-27H;4*1-2H3/b15-14+;;;;. The summed E-state index contributed by atoms with van der Waals surface area (Å²) < 4.78 is 6.15. The van der Waals surface area contributed by atoms with E-state index in [-0.39, 0.29) is 0 Å². The Labute approximate surface area is 289 Å². The van der Waals surface area contributed by atoms with Crippen LogP contribution in [-0.4, -0.2) is 9.97 Å². The first-order valence-corrected chi connectivity index (χ1v) is 17.2. The summed E-state index contributed by atoms with van der Waals surface area (Å²) in [4.78, 5) is 11.1. The van der Waals surface area contributed by atoms with Gasteiger partial charge in [0, 0.05) is 29.5 Å². The first-order chi connectivity index (χ1) is 23.8. The number of anilines is 3. The molecule has 4 nitrogen and oxygen atoms in total. The van der Waals surface area contributed by atoms with Gasteiger partial charge in [0.2, 0.25) is 0 Å². The minimum atomic E-state index is 0.784. The second-order valence-corrected chi connectivity index (χ2v) is 9.19. The Hall–Kier alpha value is -5.48. The van der Waals surface area contributed by atoms with Crippen LogP contribution in [0.3, 0.4) is 0 Å². The van der Waals surface area contributed by atoms with E-state index in [0.717, 1.165) is 51.1 Å². The van der Waals surface area contributed by atoms with Gasteiger partial charge in [-0.05, 0) is 96.1 Å².